The highest BCUT2D eigenvalue weighted by molar-refractivity contribution is 6.03. The van der Waals surface area contributed by atoms with Crippen LogP contribution in [0.4, 0.5) is 0 Å². The lowest BCUT2D eigenvalue weighted by Gasteiger charge is -2.12. The van der Waals surface area contributed by atoms with Gasteiger partial charge in [-0.3, -0.25) is 4.99 Å². The minimum atomic E-state index is 1.10. The molecule has 15 heavy (non-hydrogen) atoms. The summed E-state index contributed by atoms with van der Waals surface area (Å²) in [6.07, 6.45) is 5.37. The van der Waals surface area contributed by atoms with Gasteiger partial charge in [0.2, 0.25) is 0 Å². The van der Waals surface area contributed by atoms with E-state index in [2.05, 4.69) is 39.3 Å². The zero-order valence-electron chi connectivity index (χ0n) is 10.4. The Balaban J connectivity index is 3.17. The normalized spacial score (nSPS) is 16.9. The van der Waals surface area contributed by atoms with Crippen LogP contribution in [0.15, 0.2) is 40.1 Å². The van der Waals surface area contributed by atoms with Crippen molar-refractivity contribution in [2.45, 2.75) is 47.0 Å². The van der Waals surface area contributed by atoms with E-state index in [1.165, 1.54) is 41.6 Å². The van der Waals surface area contributed by atoms with Crippen LogP contribution in [0, 0.1) is 0 Å². The smallest absolute Gasteiger partial charge is 0.0446 e. The monoisotopic (exact) mass is 203 g/mol. The van der Waals surface area contributed by atoms with Crippen LogP contribution in [0.2, 0.25) is 0 Å². The molecule has 0 aliphatic heterocycles. The average Bonchev–Trinajstić information content (AvgIpc) is 2.52. The summed E-state index contributed by atoms with van der Waals surface area (Å²) in [5, 5.41) is 0. The number of nitrogens with zero attached hydrogens (tertiary/aromatic N) is 1. The van der Waals surface area contributed by atoms with Gasteiger partial charge in [0, 0.05) is 11.9 Å². The van der Waals surface area contributed by atoms with Gasteiger partial charge in [-0.2, -0.15) is 0 Å². The van der Waals surface area contributed by atoms with Gasteiger partial charge in [-0.05, 0) is 58.1 Å². The molecule has 0 unspecified atom stereocenters. The minimum absolute atomic E-state index is 1.10. The second kappa shape index (κ2) is 5.11. The van der Waals surface area contributed by atoms with E-state index in [0.717, 1.165) is 5.71 Å². The fourth-order valence-electron chi connectivity index (χ4n) is 2.32. The summed E-state index contributed by atoms with van der Waals surface area (Å²) >= 11 is 0. The lowest BCUT2D eigenvalue weighted by Crippen LogP contribution is -2.03. The summed E-state index contributed by atoms with van der Waals surface area (Å²) in [6.45, 7) is 12.3. The molecule has 1 heteroatoms. The average molecular weight is 203 g/mol. The summed E-state index contributed by atoms with van der Waals surface area (Å²) in [6, 6.07) is 0. The SMILES string of the molecule is C=CN=C(C)C(=C(C)C)C1=C(C)CCC1. The highest BCUT2D eigenvalue weighted by Gasteiger charge is 2.17. The first-order valence-electron chi connectivity index (χ1n) is 5.60. The summed E-state index contributed by atoms with van der Waals surface area (Å²) in [7, 11) is 0. The van der Waals surface area contributed by atoms with Crippen molar-refractivity contribution < 1.29 is 0 Å². The predicted molar refractivity (Wildman–Crippen MR) is 68.2 cm³/mol. The second-order valence-corrected chi connectivity index (χ2v) is 4.38. The van der Waals surface area contributed by atoms with Gasteiger partial charge >= 0.3 is 0 Å². The van der Waals surface area contributed by atoms with Crippen molar-refractivity contribution in [1.29, 1.82) is 0 Å². The van der Waals surface area contributed by atoms with Crippen molar-refractivity contribution in [3.8, 4) is 0 Å². The van der Waals surface area contributed by atoms with Crippen LogP contribution >= 0.6 is 0 Å². The van der Waals surface area contributed by atoms with Gasteiger partial charge < -0.3 is 0 Å². The molecule has 0 amide bonds. The Kier molecular flexibility index (Phi) is 4.07. The maximum atomic E-state index is 4.31. The van der Waals surface area contributed by atoms with Crippen molar-refractivity contribution in [3.05, 3.63) is 35.1 Å². The molecule has 0 aromatic carbocycles. The quantitative estimate of drug-likeness (QED) is 0.602. The van der Waals surface area contributed by atoms with Crippen molar-refractivity contribution >= 4 is 5.71 Å². The third-order valence-electron chi connectivity index (χ3n) is 2.94. The van der Waals surface area contributed by atoms with Crippen LogP contribution in [0.1, 0.15) is 47.0 Å². The highest BCUT2D eigenvalue weighted by atomic mass is 14.7. The fraction of sp³-hybridized carbons (Fsp3) is 0.500. The van der Waals surface area contributed by atoms with Gasteiger partial charge in [0.25, 0.3) is 0 Å². The summed E-state index contributed by atoms with van der Waals surface area (Å²) in [5.74, 6) is 0. The zero-order chi connectivity index (χ0) is 11.4. The van der Waals surface area contributed by atoms with E-state index >= 15 is 0 Å². The van der Waals surface area contributed by atoms with E-state index in [0.29, 0.717) is 0 Å². The van der Waals surface area contributed by atoms with Gasteiger partial charge in [-0.15, -0.1) is 0 Å². The Labute approximate surface area is 93.3 Å². The topological polar surface area (TPSA) is 12.4 Å². The third kappa shape index (κ3) is 2.68. The van der Waals surface area contributed by atoms with Gasteiger partial charge in [0.1, 0.15) is 0 Å². The molecule has 0 radical (unpaired) electrons. The number of allylic oxidation sites excluding steroid dienone is 4. The molecule has 1 aliphatic rings. The van der Waals surface area contributed by atoms with E-state index in [4.69, 9.17) is 0 Å². The van der Waals surface area contributed by atoms with Crippen LogP contribution in [-0.2, 0) is 0 Å². The second-order valence-electron chi connectivity index (χ2n) is 4.38. The molecule has 82 valence electrons. The molecule has 0 N–H and O–H groups in total. The molecule has 0 bridgehead atoms. The Bertz CT molecular complexity index is 350. The van der Waals surface area contributed by atoms with Crippen molar-refractivity contribution in [1.82, 2.24) is 0 Å². The maximum Gasteiger partial charge on any atom is 0.0446 e. The first-order valence-corrected chi connectivity index (χ1v) is 5.60. The fourth-order valence-corrected chi connectivity index (χ4v) is 2.32. The molecule has 0 fully saturated rings. The molecule has 1 nitrogen and oxygen atoms in total. The van der Waals surface area contributed by atoms with Crippen LogP contribution in [0.25, 0.3) is 0 Å². The molecule has 1 aliphatic carbocycles. The third-order valence-corrected chi connectivity index (χ3v) is 2.94. The van der Waals surface area contributed by atoms with Crippen LogP contribution in [0.5, 0.6) is 0 Å². The molecular weight excluding hydrogens is 182 g/mol. The van der Waals surface area contributed by atoms with Gasteiger partial charge in [-0.25, -0.2) is 0 Å². The van der Waals surface area contributed by atoms with E-state index in [1.54, 1.807) is 6.20 Å². The molecule has 0 saturated heterocycles. The van der Waals surface area contributed by atoms with Crippen LogP contribution in [-0.4, -0.2) is 5.71 Å². The number of rotatable bonds is 3. The molecule has 0 spiro atoms. The molecule has 0 heterocycles. The Morgan fingerprint density at radius 1 is 1.27 bits per heavy atom. The summed E-state index contributed by atoms with van der Waals surface area (Å²) < 4.78 is 0. The first-order chi connectivity index (χ1) is 7.07. The zero-order valence-corrected chi connectivity index (χ0v) is 10.4. The molecular formula is C14H21N. The Hall–Kier alpha value is -1.11. The summed E-state index contributed by atoms with van der Waals surface area (Å²) in [5.41, 5.74) is 6.85. The van der Waals surface area contributed by atoms with Crippen LogP contribution in [0.3, 0.4) is 0 Å². The first kappa shape index (κ1) is 12.0. The predicted octanol–water partition coefficient (Wildman–Crippen LogP) is 4.43. The lowest BCUT2D eigenvalue weighted by molar-refractivity contribution is 0.896. The number of aliphatic imine (C=N–C) groups is 1. The molecule has 0 aromatic rings. The van der Waals surface area contributed by atoms with Gasteiger partial charge in [0.05, 0.1) is 0 Å². The largest absolute Gasteiger partial charge is 0.262 e. The number of hydrogen-bond donors (Lipinski definition) is 0. The van der Waals surface area contributed by atoms with Crippen molar-refractivity contribution in [3.63, 3.8) is 0 Å². The van der Waals surface area contributed by atoms with E-state index < -0.39 is 0 Å². The van der Waals surface area contributed by atoms with Crippen molar-refractivity contribution in [2.75, 3.05) is 0 Å². The highest BCUT2D eigenvalue weighted by Crippen LogP contribution is 2.33. The Morgan fingerprint density at radius 3 is 2.33 bits per heavy atom. The van der Waals surface area contributed by atoms with Gasteiger partial charge in [-0.1, -0.05) is 17.7 Å². The van der Waals surface area contributed by atoms with Crippen LogP contribution < -0.4 is 0 Å². The molecule has 0 atom stereocenters. The van der Waals surface area contributed by atoms with E-state index in [-0.39, 0.29) is 0 Å². The standard InChI is InChI=1S/C14H21N/c1-6-15-12(5)14(10(2)3)13-9-7-8-11(13)4/h6H,1,7-9H2,2-5H3. The molecule has 0 saturated carbocycles. The van der Waals surface area contributed by atoms with E-state index in [9.17, 15) is 0 Å². The summed E-state index contributed by atoms with van der Waals surface area (Å²) in [4.78, 5) is 4.31. The lowest BCUT2D eigenvalue weighted by atomic mass is 9.95. The van der Waals surface area contributed by atoms with Crippen molar-refractivity contribution in [2.24, 2.45) is 4.99 Å². The molecule has 1 rings (SSSR count). The van der Waals surface area contributed by atoms with Gasteiger partial charge in [0.15, 0.2) is 0 Å². The van der Waals surface area contributed by atoms with E-state index in [1.807, 2.05) is 0 Å². The minimum Gasteiger partial charge on any atom is -0.262 e. The maximum absolute atomic E-state index is 4.31. The number of hydrogen-bond acceptors (Lipinski definition) is 1. The Morgan fingerprint density at radius 2 is 1.93 bits per heavy atom. The molecule has 0 aromatic heterocycles.